The third-order valence-electron chi connectivity index (χ3n) is 4.77. The minimum absolute atomic E-state index is 0.167. The Balaban J connectivity index is 2.10. The molecule has 1 saturated heterocycles. The number of ether oxygens (including phenoxy) is 1. The summed E-state index contributed by atoms with van der Waals surface area (Å²) in [5.74, 6) is 1.13. The van der Waals surface area contributed by atoms with Crippen LogP contribution in [-0.2, 0) is 10.2 Å². The summed E-state index contributed by atoms with van der Waals surface area (Å²) in [5.41, 5.74) is 4.56. The summed E-state index contributed by atoms with van der Waals surface area (Å²) in [6.45, 7) is 13.4. The lowest BCUT2D eigenvalue weighted by molar-refractivity contribution is 0.0840. The Morgan fingerprint density at radius 1 is 1.10 bits per heavy atom. The van der Waals surface area contributed by atoms with Crippen LogP contribution in [-0.4, -0.2) is 23.0 Å². The largest absolute Gasteiger partial charge is 0.381 e. The number of hydrogen-bond acceptors (Lipinski definition) is 2. The second-order valence-electron chi connectivity index (χ2n) is 8.11. The number of aromatic nitrogens is 2. The smallest absolute Gasteiger partial charge is 0.0697 e. The molecular weight excluding hydrogens is 260 g/mol. The van der Waals surface area contributed by atoms with E-state index >= 15 is 0 Å². The minimum atomic E-state index is 0.167. The zero-order chi connectivity index (χ0) is 15.2. The van der Waals surface area contributed by atoms with E-state index in [9.17, 15) is 0 Å². The number of rotatable bonds is 3. The molecule has 3 heteroatoms. The fraction of sp³-hybridized carbons (Fsp3) is 0.833. The van der Waals surface area contributed by atoms with E-state index in [2.05, 4.69) is 39.3 Å². The number of nitrogens with zero attached hydrogens (tertiary/aromatic N) is 2. The highest BCUT2D eigenvalue weighted by molar-refractivity contribution is 5.38. The molecule has 2 fully saturated rings. The van der Waals surface area contributed by atoms with Gasteiger partial charge in [-0.1, -0.05) is 34.6 Å². The molecule has 1 aromatic rings. The summed E-state index contributed by atoms with van der Waals surface area (Å²) in [4.78, 5) is 0. The quantitative estimate of drug-likeness (QED) is 0.817. The summed E-state index contributed by atoms with van der Waals surface area (Å²) in [6.07, 6.45) is 4.86. The molecule has 1 aliphatic heterocycles. The van der Waals surface area contributed by atoms with Gasteiger partial charge in [-0.25, -0.2) is 0 Å². The molecule has 0 amide bonds. The van der Waals surface area contributed by atoms with Gasteiger partial charge in [-0.3, -0.25) is 4.68 Å². The van der Waals surface area contributed by atoms with Gasteiger partial charge in [0.2, 0.25) is 0 Å². The second-order valence-corrected chi connectivity index (χ2v) is 8.11. The van der Waals surface area contributed by atoms with Crippen molar-refractivity contribution < 1.29 is 4.74 Å². The normalized spacial score (nSPS) is 21.2. The van der Waals surface area contributed by atoms with Gasteiger partial charge >= 0.3 is 0 Å². The maximum Gasteiger partial charge on any atom is 0.0697 e. The van der Waals surface area contributed by atoms with Crippen molar-refractivity contribution in [3.8, 4) is 0 Å². The van der Waals surface area contributed by atoms with Crippen molar-refractivity contribution in [3.05, 3.63) is 17.0 Å². The third kappa shape index (κ3) is 2.90. The lowest BCUT2D eigenvalue weighted by Gasteiger charge is -2.27. The summed E-state index contributed by atoms with van der Waals surface area (Å²) in [5, 5.41) is 5.14. The SMILES string of the molecule is CC(C)c1c(C(C)(C)C)c(C2CCOCC2)nn1C1CC1. The highest BCUT2D eigenvalue weighted by Crippen LogP contribution is 2.44. The van der Waals surface area contributed by atoms with Crippen LogP contribution in [0.3, 0.4) is 0 Å². The van der Waals surface area contributed by atoms with Crippen molar-refractivity contribution in [2.45, 2.75) is 83.6 Å². The zero-order valence-electron chi connectivity index (χ0n) is 14.3. The van der Waals surface area contributed by atoms with E-state index in [0.29, 0.717) is 17.9 Å². The van der Waals surface area contributed by atoms with Crippen molar-refractivity contribution in [1.29, 1.82) is 0 Å². The average Bonchev–Trinajstić information content (AvgIpc) is 3.17. The molecule has 0 atom stereocenters. The first-order valence-electron chi connectivity index (χ1n) is 8.60. The first-order valence-corrected chi connectivity index (χ1v) is 8.60. The molecule has 0 bridgehead atoms. The van der Waals surface area contributed by atoms with E-state index in [4.69, 9.17) is 9.84 Å². The molecular formula is C18H30N2O. The van der Waals surface area contributed by atoms with Crippen LogP contribution in [0.15, 0.2) is 0 Å². The molecule has 2 heterocycles. The molecule has 3 rings (SSSR count). The van der Waals surface area contributed by atoms with Crippen molar-refractivity contribution in [1.82, 2.24) is 9.78 Å². The fourth-order valence-electron chi connectivity index (χ4n) is 3.64. The van der Waals surface area contributed by atoms with Crippen molar-refractivity contribution in [2.24, 2.45) is 0 Å². The highest BCUT2D eigenvalue weighted by atomic mass is 16.5. The molecule has 21 heavy (non-hydrogen) atoms. The minimum Gasteiger partial charge on any atom is -0.381 e. The Hall–Kier alpha value is -0.830. The molecule has 2 aliphatic rings. The summed E-state index contributed by atoms with van der Waals surface area (Å²) in [7, 11) is 0. The maximum atomic E-state index is 5.56. The van der Waals surface area contributed by atoms with E-state index in [1.807, 2.05) is 0 Å². The zero-order valence-corrected chi connectivity index (χ0v) is 14.3. The molecule has 1 aliphatic carbocycles. The van der Waals surface area contributed by atoms with E-state index in [0.717, 1.165) is 26.1 Å². The van der Waals surface area contributed by atoms with Gasteiger partial charge in [0, 0.05) is 30.4 Å². The van der Waals surface area contributed by atoms with Gasteiger partial charge in [0.1, 0.15) is 0 Å². The summed E-state index contributed by atoms with van der Waals surface area (Å²) < 4.78 is 7.94. The van der Waals surface area contributed by atoms with Crippen LogP contribution in [0.5, 0.6) is 0 Å². The molecule has 1 aromatic heterocycles. The van der Waals surface area contributed by atoms with Crippen molar-refractivity contribution in [2.75, 3.05) is 13.2 Å². The van der Waals surface area contributed by atoms with Gasteiger partial charge in [-0.05, 0) is 37.0 Å². The van der Waals surface area contributed by atoms with Crippen LogP contribution in [0.25, 0.3) is 0 Å². The van der Waals surface area contributed by atoms with Crippen LogP contribution in [0.2, 0.25) is 0 Å². The first kappa shape index (κ1) is 15.1. The maximum absolute atomic E-state index is 5.56. The van der Waals surface area contributed by atoms with Gasteiger partial charge in [-0.2, -0.15) is 5.10 Å². The summed E-state index contributed by atoms with van der Waals surface area (Å²) >= 11 is 0. The first-order chi connectivity index (χ1) is 9.89. The molecule has 0 unspecified atom stereocenters. The van der Waals surface area contributed by atoms with Crippen LogP contribution < -0.4 is 0 Å². The predicted octanol–water partition coefficient (Wildman–Crippen LogP) is 4.53. The average molecular weight is 290 g/mol. The monoisotopic (exact) mass is 290 g/mol. The highest BCUT2D eigenvalue weighted by Gasteiger charge is 2.37. The molecule has 0 spiro atoms. The lowest BCUT2D eigenvalue weighted by Crippen LogP contribution is -2.21. The molecule has 0 aromatic carbocycles. The molecule has 0 radical (unpaired) electrons. The van der Waals surface area contributed by atoms with Gasteiger partial charge in [0.15, 0.2) is 0 Å². The van der Waals surface area contributed by atoms with Crippen molar-refractivity contribution >= 4 is 0 Å². The lowest BCUT2D eigenvalue weighted by atomic mass is 9.79. The van der Waals surface area contributed by atoms with Gasteiger partial charge < -0.3 is 4.74 Å². The Morgan fingerprint density at radius 2 is 1.71 bits per heavy atom. The Morgan fingerprint density at radius 3 is 2.19 bits per heavy atom. The summed E-state index contributed by atoms with van der Waals surface area (Å²) in [6, 6.07) is 0.664. The van der Waals surface area contributed by atoms with E-state index in [1.165, 1.54) is 29.8 Å². The Bertz CT molecular complexity index is 500. The van der Waals surface area contributed by atoms with Gasteiger partial charge in [0.25, 0.3) is 0 Å². The molecule has 0 N–H and O–H groups in total. The Labute approximate surface area is 129 Å². The fourth-order valence-corrected chi connectivity index (χ4v) is 3.64. The molecule has 3 nitrogen and oxygen atoms in total. The van der Waals surface area contributed by atoms with Gasteiger partial charge in [0.05, 0.1) is 11.7 Å². The molecule has 1 saturated carbocycles. The van der Waals surface area contributed by atoms with E-state index < -0.39 is 0 Å². The van der Waals surface area contributed by atoms with Crippen molar-refractivity contribution in [3.63, 3.8) is 0 Å². The van der Waals surface area contributed by atoms with Crippen LogP contribution in [0.4, 0.5) is 0 Å². The van der Waals surface area contributed by atoms with E-state index in [-0.39, 0.29) is 5.41 Å². The predicted molar refractivity (Wildman–Crippen MR) is 86.1 cm³/mol. The van der Waals surface area contributed by atoms with Gasteiger partial charge in [-0.15, -0.1) is 0 Å². The topological polar surface area (TPSA) is 27.1 Å². The standard InChI is InChI=1S/C18H30N2O/c1-12(2)17-15(18(3,4)5)16(13-8-10-21-11-9-13)19-20(17)14-6-7-14/h12-14H,6-11H2,1-5H3. The number of hydrogen-bond donors (Lipinski definition) is 0. The Kier molecular flexibility index (Phi) is 3.89. The van der Waals surface area contributed by atoms with E-state index in [1.54, 1.807) is 0 Å². The molecule has 118 valence electrons. The van der Waals surface area contributed by atoms with Crippen LogP contribution >= 0.6 is 0 Å². The third-order valence-corrected chi connectivity index (χ3v) is 4.77. The second kappa shape index (κ2) is 5.42. The van der Waals surface area contributed by atoms with Crippen LogP contribution in [0, 0.1) is 0 Å². The van der Waals surface area contributed by atoms with Crippen LogP contribution in [0.1, 0.15) is 95.1 Å².